The molecule has 14 heavy (non-hydrogen) atoms. The van der Waals surface area contributed by atoms with Gasteiger partial charge in [0.1, 0.15) is 0 Å². The van der Waals surface area contributed by atoms with E-state index in [9.17, 15) is 0 Å². The predicted molar refractivity (Wildman–Crippen MR) is 58.4 cm³/mol. The largest absolute Gasteiger partial charge is 0.396 e. The molecule has 0 bridgehead atoms. The Bertz CT molecular complexity index is 311. The van der Waals surface area contributed by atoms with Crippen LogP contribution >= 0.6 is 0 Å². The van der Waals surface area contributed by atoms with Crippen LogP contribution in [0.3, 0.4) is 0 Å². The second-order valence-corrected chi connectivity index (χ2v) is 4.13. The Morgan fingerprint density at radius 1 is 1.36 bits per heavy atom. The fourth-order valence-electron chi connectivity index (χ4n) is 1.80. The van der Waals surface area contributed by atoms with Crippen molar-refractivity contribution in [2.45, 2.75) is 13.3 Å². The number of hydrogen-bond acceptors (Lipinski definition) is 2. The minimum Gasteiger partial charge on any atom is -0.396 e. The molecule has 2 atom stereocenters. The Balaban J connectivity index is 1.84. The van der Waals surface area contributed by atoms with Crippen LogP contribution in [0.15, 0.2) is 24.3 Å². The van der Waals surface area contributed by atoms with Gasteiger partial charge in [-0.15, -0.1) is 0 Å². The molecule has 2 heteroatoms. The molecule has 2 rings (SSSR count). The highest BCUT2D eigenvalue weighted by atomic mass is 16.3. The van der Waals surface area contributed by atoms with Crippen molar-refractivity contribution in [3.63, 3.8) is 0 Å². The van der Waals surface area contributed by atoms with Crippen LogP contribution in [0.5, 0.6) is 0 Å². The van der Waals surface area contributed by atoms with E-state index in [0.717, 1.165) is 6.54 Å². The van der Waals surface area contributed by atoms with E-state index >= 15 is 0 Å². The minimum absolute atomic E-state index is 0.347. The zero-order valence-corrected chi connectivity index (χ0v) is 8.53. The van der Waals surface area contributed by atoms with Gasteiger partial charge in [-0.25, -0.2) is 0 Å². The lowest BCUT2D eigenvalue weighted by molar-refractivity contribution is 0.270. The molecule has 0 spiro atoms. The molecule has 1 aromatic carbocycles. The summed E-state index contributed by atoms with van der Waals surface area (Å²) in [6.07, 6.45) is 1.18. The highest BCUT2D eigenvalue weighted by Crippen LogP contribution is 2.37. The smallest absolute Gasteiger partial charge is 0.0462 e. The van der Waals surface area contributed by atoms with Crippen molar-refractivity contribution in [2.24, 2.45) is 11.8 Å². The molecular weight excluding hydrogens is 174 g/mol. The van der Waals surface area contributed by atoms with Gasteiger partial charge < -0.3 is 10.4 Å². The summed E-state index contributed by atoms with van der Waals surface area (Å²) in [5.41, 5.74) is 2.50. The summed E-state index contributed by atoms with van der Waals surface area (Å²) in [5.74, 6) is 1.23. The van der Waals surface area contributed by atoms with Crippen molar-refractivity contribution in [1.29, 1.82) is 0 Å². The average molecular weight is 191 g/mol. The third kappa shape index (κ3) is 2.07. The maximum absolute atomic E-state index is 8.90. The Labute approximate surface area is 85.0 Å². The summed E-state index contributed by atoms with van der Waals surface area (Å²) in [4.78, 5) is 0. The molecule has 0 amide bonds. The Morgan fingerprint density at radius 2 is 2.14 bits per heavy atom. The Kier molecular flexibility index (Phi) is 2.73. The van der Waals surface area contributed by atoms with E-state index in [2.05, 4.69) is 24.4 Å². The van der Waals surface area contributed by atoms with Gasteiger partial charge in [-0.2, -0.15) is 0 Å². The fourth-order valence-corrected chi connectivity index (χ4v) is 1.80. The summed E-state index contributed by atoms with van der Waals surface area (Å²) in [6, 6.07) is 8.31. The highest BCUT2D eigenvalue weighted by Gasteiger charge is 2.35. The number of para-hydroxylation sites is 1. The zero-order chi connectivity index (χ0) is 9.97. The van der Waals surface area contributed by atoms with Crippen molar-refractivity contribution < 1.29 is 5.11 Å². The molecule has 1 aliphatic carbocycles. The van der Waals surface area contributed by atoms with E-state index in [-0.39, 0.29) is 0 Å². The normalized spacial score (nSPS) is 24.7. The summed E-state index contributed by atoms with van der Waals surface area (Å²) < 4.78 is 0. The zero-order valence-electron chi connectivity index (χ0n) is 8.53. The molecule has 76 valence electrons. The number of aryl methyl sites for hydroxylation is 1. The van der Waals surface area contributed by atoms with E-state index in [1.807, 2.05) is 12.1 Å². The fraction of sp³-hybridized carbons (Fsp3) is 0.500. The maximum atomic E-state index is 8.90. The molecule has 0 aromatic heterocycles. The summed E-state index contributed by atoms with van der Waals surface area (Å²) in [6.45, 7) is 3.45. The number of nitrogens with one attached hydrogen (secondary N) is 1. The highest BCUT2D eigenvalue weighted by molar-refractivity contribution is 5.50. The maximum Gasteiger partial charge on any atom is 0.0462 e. The number of anilines is 1. The standard InChI is InChI=1S/C12H17NO/c1-9-4-2-3-5-12(9)13-7-10-6-11(10)8-14/h2-5,10-11,13-14H,6-8H2,1H3. The molecule has 0 heterocycles. The topological polar surface area (TPSA) is 32.3 Å². The molecule has 1 fully saturated rings. The lowest BCUT2D eigenvalue weighted by Gasteiger charge is -2.08. The Hall–Kier alpha value is -1.02. The molecule has 1 saturated carbocycles. The molecule has 0 saturated heterocycles. The van der Waals surface area contributed by atoms with Gasteiger partial charge in [0.25, 0.3) is 0 Å². The van der Waals surface area contributed by atoms with Gasteiger partial charge in [0.2, 0.25) is 0 Å². The van der Waals surface area contributed by atoms with Crippen LogP contribution in [-0.4, -0.2) is 18.3 Å². The summed E-state index contributed by atoms with van der Waals surface area (Å²) >= 11 is 0. The van der Waals surface area contributed by atoms with Gasteiger partial charge in [-0.05, 0) is 36.8 Å². The van der Waals surface area contributed by atoms with Crippen molar-refractivity contribution in [3.8, 4) is 0 Å². The molecule has 2 unspecified atom stereocenters. The summed E-state index contributed by atoms with van der Waals surface area (Å²) in [7, 11) is 0. The van der Waals surface area contributed by atoms with Crippen molar-refractivity contribution >= 4 is 5.69 Å². The van der Waals surface area contributed by atoms with E-state index in [0.29, 0.717) is 18.4 Å². The molecule has 2 N–H and O–H groups in total. The van der Waals surface area contributed by atoms with Gasteiger partial charge >= 0.3 is 0 Å². The van der Waals surface area contributed by atoms with Crippen LogP contribution in [0.25, 0.3) is 0 Å². The molecule has 0 radical (unpaired) electrons. The molecule has 2 nitrogen and oxygen atoms in total. The predicted octanol–water partition coefficient (Wildman–Crippen LogP) is 2.04. The minimum atomic E-state index is 0.347. The molecule has 1 aliphatic rings. The lowest BCUT2D eigenvalue weighted by Crippen LogP contribution is -2.06. The SMILES string of the molecule is Cc1ccccc1NCC1CC1CO. The first-order valence-electron chi connectivity index (χ1n) is 5.21. The van der Waals surface area contributed by atoms with Gasteiger partial charge in [0.15, 0.2) is 0 Å². The van der Waals surface area contributed by atoms with Crippen molar-refractivity contribution in [3.05, 3.63) is 29.8 Å². The van der Waals surface area contributed by atoms with Gasteiger partial charge in [0, 0.05) is 18.8 Å². The third-order valence-electron chi connectivity index (χ3n) is 3.00. The van der Waals surface area contributed by atoms with Crippen LogP contribution in [0.1, 0.15) is 12.0 Å². The van der Waals surface area contributed by atoms with E-state index in [1.165, 1.54) is 17.7 Å². The van der Waals surface area contributed by atoms with Crippen molar-refractivity contribution in [1.82, 2.24) is 0 Å². The monoisotopic (exact) mass is 191 g/mol. The number of aliphatic hydroxyl groups is 1. The number of rotatable bonds is 4. The van der Waals surface area contributed by atoms with Crippen LogP contribution < -0.4 is 5.32 Å². The first kappa shape index (κ1) is 9.53. The lowest BCUT2D eigenvalue weighted by atomic mass is 10.2. The van der Waals surface area contributed by atoms with Gasteiger partial charge in [-0.3, -0.25) is 0 Å². The number of hydrogen-bond donors (Lipinski definition) is 2. The van der Waals surface area contributed by atoms with Crippen LogP contribution in [0.2, 0.25) is 0 Å². The van der Waals surface area contributed by atoms with Gasteiger partial charge in [0.05, 0.1) is 0 Å². The van der Waals surface area contributed by atoms with Gasteiger partial charge in [-0.1, -0.05) is 18.2 Å². The number of aliphatic hydroxyl groups excluding tert-OH is 1. The van der Waals surface area contributed by atoms with E-state index < -0.39 is 0 Å². The van der Waals surface area contributed by atoms with Crippen LogP contribution in [0, 0.1) is 18.8 Å². The van der Waals surface area contributed by atoms with Crippen LogP contribution in [0.4, 0.5) is 5.69 Å². The first-order valence-corrected chi connectivity index (χ1v) is 5.21. The second kappa shape index (κ2) is 4.01. The van der Waals surface area contributed by atoms with E-state index in [4.69, 9.17) is 5.11 Å². The Morgan fingerprint density at radius 3 is 2.79 bits per heavy atom. The van der Waals surface area contributed by atoms with Crippen LogP contribution in [-0.2, 0) is 0 Å². The quantitative estimate of drug-likeness (QED) is 0.763. The first-order chi connectivity index (χ1) is 6.81. The summed E-state index contributed by atoms with van der Waals surface area (Å²) in [5, 5.41) is 12.3. The van der Waals surface area contributed by atoms with E-state index in [1.54, 1.807) is 0 Å². The third-order valence-corrected chi connectivity index (χ3v) is 3.00. The average Bonchev–Trinajstić information content (AvgIpc) is 2.95. The van der Waals surface area contributed by atoms with Crippen molar-refractivity contribution in [2.75, 3.05) is 18.5 Å². The molecule has 1 aromatic rings. The number of benzene rings is 1. The second-order valence-electron chi connectivity index (χ2n) is 4.13. The molecular formula is C12H17NO. The molecule has 0 aliphatic heterocycles.